The molecule has 2 heterocycles. The van der Waals surface area contributed by atoms with Crippen molar-refractivity contribution in [3.8, 4) is 5.75 Å². The molecule has 2 saturated carbocycles. The highest BCUT2D eigenvalue weighted by atomic mass is 31.2. The summed E-state index contributed by atoms with van der Waals surface area (Å²) in [6.07, 6.45) is 9.75. The smallest absolute Gasteiger partial charge is 0.459 e. The molecule has 48 heavy (non-hydrogen) atoms. The van der Waals surface area contributed by atoms with E-state index in [-0.39, 0.29) is 31.3 Å². The van der Waals surface area contributed by atoms with E-state index in [0.717, 1.165) is 49.8 Å². The maximum atomic E-state index is 14.3. The van der Waals surface area contributed by atoms with Crippen LogP contribution in [0.15, 0.2) is 47.2 Å². The molecule has 3 unspecified atom stereocenters. The minimum absolute atomic E-state index is 0.00683. The molecule has 262 valence electrons. The van der Waals surface area contributed by atoms with E-state index in [9.17, 15) is 14.2 Å². The lowest BCUT2D eigenvalue weighted by Crippen LogP contribution is -2.36. The molecular weight excluding hydrogens is 637 g/mol. The number of anilines is 1. The third-order valence-corrected chi connectivity index (χ3v) is 10.2. The standard InChI is InChI=1S/C33H48N7O7P/c1-5-10-24(11-6-2)18-44-31(42)22(3)39-48(43,47-27-12-8-7-9-13-27)46-20-33(19-45-23(4)41)16-25(33)17-40-21-35-28-29(36-26-14-15-26)37-32(34)38-30(28)40/h7-9,12-13,17,21-22,24,26,29,36H,5-6,10-11,14-16,18-20H2,1-4H3,(H,39,43)(H3,34,37,38)/b25-17-/t22?,29?,33?,48-/m0/s1. The highest BCUT2D eigenvalue weighted by Crippen LogP contribution is 2.57. The number of aromatic nitrogens is 2. The molecule has 15 heteroatoms. The fourth-order valence-corrected chi connectivity index (χ4v) is 7.22. The average molecular weight is 686 g/mol. The summed E-state index contributed by atoms with van der Waals surface area (Å²) in [7, 11) is -4.16. The lowest BCUT2D eigenvalue weighted by atomic mass is 9.99. The van der Waals surface area contributed by atoms with Crippen molar-refractivity contribution in [1.82, 2.24) is 20.0 Å². The Balaban J connectivity index is 1.32. The van der Waals surface area contributed by atoms with Crippen LogP contribution in [-0.4, -0.2) is 59.4 Å². The summed E-state index contributed by atoms with van der Waals surface area (Å²) < 4.78 is 39.1. The molecular formula is C33H48N7O7P. The number of esters is 2. The first-order valence-corrected chi connectivity index (χ1v) is 18.3. The van der Waals surface area contributed by atoms with Gasteiger partial charge >= 0.3 is 19.7 Å². The van der Waals surface area contributed by atoms with E-state index in [1.165, 1.54) is 6.92 Å². The SMILES string of the molecule is CCCC(CCC)COC(=O)C(C)N[P@](=O)(OCC1(COC(C)=O)C/C1=C/n1cnc2c1NC(N)=NC2NC1CC1)Oc1ccccc1. The first-order valence-electron chi connectivity index (χ1n) is 16.7. The molecule has 5 N–H and O–H groups in total. The Morgan fingerprint density at radius 2 is 1.90 bits per heavy atom. The van der Waals surface area contributed by atoms with Gasteiger partial charge in [0.05, 0.1) is 18.6 Å². The van der Waals surface area contributed by atoms with E-state index in [2.05, 4.69) is 39.5 Å². The number of hydrogen-bond acceptors (Lipinski definition) is 12. The van der Waals surface area contributed by atoms with Crippen molar-refractivity contribution in [2.75, 3.05) is 25.1 Å². The Bertz CT molecular complexity index is 1540. The number of nitrogens with two attached hydrogens (primary N) is 1. The number of imidazole rings is 1. The van der Waals surface area contributed by atoms with Gasteiger partial charge in [0, 0.05) is 19.2 Å². The zero-order chi connectivity index (χ0) is 34.3. The fraction of sp³-hybridized carbons (Fsp3) is 0.576. The third-order valence-electron chi connectivity index (χ3n) is 8.54. The van der Waals surface area contributed by atoms with Crippen molar-refractivity contribution in [2.45, 2.75) is 90.9 Å². The number of ether oxygens (including phenoxy) is 2. The molecule has 0 saturated heterocycles. The lowest BCUT2D eigenvalue weighted by Gasteiger charge is -2.25. The molecule has 1 aliphatic heterocycles. The molecule has 0 bridgehead atoms. The van der Waals surface area contributed by atoms with Gasteiger partial charge < -0.3 is 25.0 Å². The summed E-state index contributed by atoms with van der Waals surface area (Å²) in [5.74, 6) is 0.503. The van der Waals surface area contributed by atoms with Gasteiger partial charge in [0.2, 0.25) is 0 Å². The normalized spacial score (nSPS) is 22.6. The van der Waals surface area contributed by atoms with Crippen molar-refractivity contribution >= 4 is 37.7 Å². The second-order valence-corrected chi connectivity index (χ2v) is 14.6. The average Bonchev–Trinajstić information content (AvgIpc) is 3.96. The molecule has 2 aliphatic carbocycles. The zero-order valence-corrected chi connectivity index (χ0v) is 29.0. The molecule has 0 amide bonds. The van der Waals surface area contributed by atoms with Crippen LogP contribution < -0.4 is 26.0 Å². The number of carbonyl (C=O) groups is 2. The predicted molar refractivity (Wildman–Crippen MR) is 182 cm³/mol. The summed E-state index contributed by atoms with van der Waals surface area (Å²) in [5, 5.41) is 9.32. The van der Waals surface area contributed by atoms with Crippen LogP contribution in [0.3, 0.4) is 0 Å². The van der Waals surface area contributed by atoms with Gasteiger partial charge in [-0.1, -0.05) is 44.9 Å². The fourth-order valence-electron chi connectivity index (χ4n) is 5.65. The Morgan fingerprint density at radius 1 is 1.17 bits per heavy atom. The number of nitrogens with one attached hydrogen (secondary N) is 3. The molecule has 14 nitrogen and oxygen atoms in total. The van der Waals surface area contributed by atoms with Crippen LogP contribution in [0.4, 0.5) is 5.82 Å². The quantitative estimate of drug-likeness (QED) is 0.114. The van der Waals surface area contributed by atoms with Crippen molar-refractivity contribution in [3.05, 3.63) is 47.9 Å². The molecule has 0 spiro atoms. The monoisotopic (exact) mass is 685 g/mol. The molecule has 4 atom stereocenters. The first-order chi connectivity index (χ1) is 23.0. The van der Waals surface area contributed by atoms with Crippen LogP contribution in [0.2, 0.25) is 0 Å². The topological polar surface area (TPSA) is 180 Å². The molecule has 3 aliphatic rings. The van der Waals surface area contributed by atoms with Crippen molar-refractivity contribution < 1.29 is 32.7 Å². The second-order valence-electron chi connectivity index (χ2n) is 12.9. The number of guanidine groups is 1. The predicted octanol–water partition coefficient (Wildman–Crippen LogP) is 5.11. The number of hydrogen-bond donors (Lipinski definition) is 4. The van der Waals surface area contributed by atoms with Crippen LogP contribution >= 0.6 is 7.75 Å². The van der Waals surface area contributed by atoms with Gasteiger partial charge in [0.25, 0.3) is 0 Å². The summed E-state index contributed by atoms with van der Waals surface area (Å²) in [6.45, 7) is 7.26. The molecule has 2 aromatic rings. The van der Waals surface area contributed by atoms with E-state index >= 15 is 0 Å². The minimum atomic E-state index is -4.16. The summed E-state index contributed by atoms with van der Waals surface area (Å²) >= 11 is 0. The lowest BCUT2D eigenvalue weighted by molar-refractivity contribution is -0.147. The number of carbonyl (C=O) groups excluding carboxylic acids is 2. The Labute approximate surface area is 281 Å². The van der Waals surface area contributed by atoms with Crippen LogP contribution in [-0.2, 0) is 28.2 Å². The van der Waals surface area contributed by atoms with Crippen LogP contribution in [0.1, 0.15) is 84.5 Å². The van der Waals surface area contributed by atoms with E-state index in [1.807, 2.05) is 10.8 Å². The van der Waals surface area contributed by atoms with E-state index in [1.54, 1.807) is 43.6 Å². The van der Waals surface area contributed by atoms with E-state index < -0.39 is 31.1 Å². The van der Waals surface area contributed by atoms with E-state index in [0.29, 0.717) is 30.6 Å². The van der Waals surface area contributed by atoms with Gasteiger partial charge in [-0.15, -0.1) is 0 Å². The largest absolute Gasteiger partial charge is 0.465 e. The summed E-state index contributed by atoms with van der Waals surface area (Å²) in [6, 6.07) is 7.98. The van der Waals surface area contributed by atoms with Gasteiger partial charge in [0.1, 0.15) is 42.4 Å². The first kappa shape index (κ1) is 35.6. The van der Waals surface area contributed by atoms with Gasteiger partial charge in [-0.05, 0) is 62.7 Å². The maximum absolute atomic E-state index is 14.3. The third kappa shape index (κ3) is 9.46. The Kier molecular flexibility index (Phi) is 11.6. The molecule has 1 aromatic heterocycles. The zero-order valence-electron chi connectivity index (χ0n) is 28.1. The van der Waals surface area contributed by atoms with Gasteiger partial charge in [-0.3, -0.25) is 24.0 Å². The minimum Gasteiger partial charge on any atom is -0.465 e. The summed E-state index contributed by atoms with van der Waals surface area (Å²) in [5.41, 5.74) is 6.90. The maximum Gasteiger partial charge on any atom is 0.459 e. The van der Waals surface area contributed by atoms with Crippen molar-refractivity contribution in [2.24, 2.45) is 22.1 Å². The molecule has 1 aromatic carbocycles. The Hall–Kier alpha value is -3.71. The summed E-state index contributed by atoms with van der Waals surface area (Å²) in [4.78, 5) is 33.9. The highest BCUT2D eigenvalue weighted by molar-refractivity contribution is 7.52. The van der Waals surface area contributed by atoms with Crippen LogP contribution in [0.25, 0.3) is 6.20 Å². The number of nitrogens with zero attached hydrogens (tertiary/aromatic N) is 3. The number of rotatable bonds is 19. The number of para-hydroxylation sites is 1. The van der Waals surface area contributed by atoms with Crippen molar-refractivity contribution in [3.63, 3.8) is 0 Å². The number of benzene rings is 1. The van der Waals surface area contributed by atoms with Gasteiger partial charge in [0.15, 0.2) is 5.96 Å². The van der Waals surface area contributed by atoms with E-state index in [4.69, 9.17) is 24.3 Å². The molecule has 5 rings (SSSR count). The number of aliphatic imine (C=N–C) groups is 1. The van der Waals surface area contributed by atoms with Crippen LogP contribution in [0, 0.1) is 11.3 Å². The van der Waals surface area contributed by atoms with Gasteiger partial charge in [-0.25, -0.2) is 14.5 Å². The molecule has 2 fully saturated rings. The number of fused-ring (bicyclic) bond motifs is 1. The Morgan fingerprint density at radius 3 is 2.56 bits per heavy atom. The highest BCUT2D eigenvalue weighted by Gasteiger charge is 2.52. The second kappa shape index (κ2) is 15.7. The molecule has 0 radical (unpaired) electrons. The van der Waals surface area contributed by atoms with Crippen LogP contribution in [0.5, 0.6) is 5.75 Å². The van der Waals surface area contributed by atoms with Crippen molar-refractivity contribution in [1.29, 1.82) is 0 Å². The van der Waals surface area contributed by atoms with Gasteiger partial charge in [-0.2, -0.15) is 5.09 Å².